The van der Waals surface area contributed by atoms with Crippen LogP contribution in [0.25, 0.3) is 155 Å². The molecule has 0 saturated carbocycles. The number of aromatic nitrogens is 8. The first-order valence-electron chi connectivity index (χ1n) is 27.7. The maximum Gasteiger partial charge on any atom is 0.164 e. The molecule has 17 aromatic rings. The molecule has 0 amide bonds. The summed E-state index contributed by atoms with van der Waals surface area (Å²) in [6.45, 7) is 0. The fourth-order valence-corrected chi connectivity index (χ4v) is 13.0. The van der Waals surface area contributed by atoms with Gasteiger partial charge in [0.2, 0.25) is 0 Å². The van der Waals surface area contributed by atoms with Crippen LogP contribution < -0.4 is 0 Å². The average molecular weight is 1050 g/mol. The van der Waals surface area contributed by atoms with E-state index in [1.165, 1.54) is 32.3 Å². The van der Waals surface area contributed by atoms with Crippen molar-refractivity contribution < 1.29 is 0 Å². The van der Waals surface area contributed by atoms with E-state index in [0.717, 1.165) is 106 Å². The first-order valence-corrected chi connectivity index (χ1v) is 27.7. The molecule has 11 aromatic carbocycles. The third-order valence-corrected chi connectivity index (χ3v) is 16.4. The van der Waals surface area contributed by atoms with Crippen LogP contribution in [-0.4, -0.2) is 38.2 Å². The lowest BCUT2D eigenvalue weighted by molar-refractivity contribution is 1.07. The third-order valence-electron chi connectivity index (χ3n) is 16.4. The summed E-state index contributed by atoms with van der Waals surface area (Å²) in [5.74, 6) is 1.75. The van der Waals surface area contributed by atoms with Crippen LogP contribution in [0.2, 0.25) is 0 Å². The van der Waals surface area contributed by atoms with Gasteiger partial charge in [0.25, 0.3) is 0 Å². The van der Waals surface area contributed by atoms with Gasteiger partial charge < -0.3 is 18.3 Å². The number of hydrogen-bond acceptors (Lipinski definition) is 4. The Morgan fingerprint density at radius 1 is 0.256 bits per heavy atom. The highest BCUT2D eigenvalue weighted by Gasteiger charge is 2.27. The normalized spacial score (nSPS) is 11.9. The van der Waals surface area contributed by atoms with Crippen LogP contribution in [0.15, 0.2) is 279 Å². The number of pyridine rings is 1. The van der Waals surface area contributed by atoms with Crippen molar-refractivity contribution in [3.05, 3.63) is 279 Å². The van der Waals surface area contributed by atoms with E-state index in [-0.39, 0.29) is 0 Å². The Bertz CT molecular complexity index is 5330. The quantitative estimate of drug-likeness (QED) is 0.152. The fraction of sp³-hybridized carbons (Fsp3) is 0. The third kappa shape index (κ3) is 6.85. The van der Waals surface area contributed by atoms with Gasteiger partial charge >= 0.3 is 0 Å². The lowest BCUT2D eigenvalue weighted by Gasteiger charge is -2.19. The Labute approximate surface area is 470 Å². The van der Waals surface area contributed by atoms with Gasteiger partial charge in [0.15, 0.2) is 17.5 Å². The number of fused-ring (bicyclic) bond motifs is 14. The molecule has 6 aromatic heterocycles. The Morgan fingerprint density at radius 3 is 1.15 bits per heavy atom. The molecule has 17 rings (SSSR count). The smallest absolute Gasteiger partial charge is 0.164 e. The van der Waals surface area contributed by atoms with Crippen LogP contribution in [0.5, 0.6) is 0 Å². The number of para-hydroxylation sites is 6. The van der Waals surface area contributed by atoms with Crippen molar-refractivity contribution in [3.63, 3.8) is 0 Å². The lowest BCUT2D eigenvalue weighted by atomic mass is 10.0. The molecule has 6 heterocycles. The molecule has 0 radical (unpaired) electrons. The summed E-state index contributed by atoms with van der Waals surface area (Å²) < 4.78 is 9.75. The standard InChI is InChI=1S/C74H46N8/c1-5-22-47(23-6-1)72-76-73(48-24-7-2-8-25-48)78-74(77-72)49-39-42-63(81-61-36-19-15-32-56(61)67-64(81)43-40-54-52-30-13-17-34-59(52)79(70(54)67)50-26-9-3-10-27-50)58(46-49)69-66(38-21-45-75-69)82-62-37-20-16-33-57(62)68-65(82)44-41-55-53-31-14-18-35-60(53)80(71(55)68)51-28-11-4-12-29-51/h1-46H. The van der Waals surface area contributed by atoms with Crippen LogP contribution in [0.4, 0.5) is 0 Å². The Balaban J connectivity index is 0.986. The van der Waals surface area contributed by atoms with Crippen LogP contribution in [0.3, 0.4) is 0 Å². The molecule has 8 nitrogen and oxygen atoms in total. The molecule has 0 aliphatic carbocycles. The van der Waals surface area contributed by atoms with E-state index in [0.29, 0.717) is 17.5 Å². The van der Waals surface area contributed by atoms with Gasteiger partial charge in [0, 0.05) is 82.9 Å². The molecule has 0 atom stereocenters. The van der Waals surface area contributed by atoms with Crippen LogP contribution in [0, 0.1) is 0 Å². The molecule has 0 bridgehead atoms. The van der Waals surface area contributed by atoms with Crippen molar-refractivity contribution in [3.8, 4) is 68.2 Å². The van der Waals surface area contributed by atoms with Crippen LogP contribution in [-0.2, 0) is 0 Å². The SMILES string of the molecule is c1ccc(-c2nc(-c3ccccc3)nc(-c3ccc(-n4c5ccccc5c5c4ccc4c6ccccc6n(-c6ccccc6)c45)c(-c4ncccc4-n4c5ccccc5c5c4ccc4c6ccccc6n(-c6ccccc6)c45)c3)n2)cc1. The zero-order chi connectivity index (χ0) is 53.8. The molecule has 0 fully saturated rings. The zero-order valence-corrected chi connectivity index (χ0v) is 44.1. The minimum Gasteiger partial charge on any atom is -0.309 e. The van der Waals surface area contributed by atoms with Gasteiger partial charge in [0.1, 0.15) is 0 Å². The van der Waals surface area contributed by atoms with Gasteiger partial charge in [0.05, 0.1) is 61.2 Å². The molecule has 0 aliphatic rings. The average Bonchev–Trinajstić information content (AvgIpc) is 2.67. The number of benzene rings is 11. The second kappa shape index (κ2) is 18.2. The van der Waals surface area contributed by atoms with E-state index >= 15 is 0 Å². The van der Waals surface area contributed by atoms with Gasteiger partial charge in [-0.3, -0.25) is 4.98 Å². The van der Waals surface area contributed by atoms with Gasteiger partial charge in [-0.15, -0.1) is 0 Å². The summed E-state index contributed by atoms with van der Waals surface area (Å²) in [5.41, 5.74) is 17.4. The van der Waals surface area contributed by atoms with Gasteiger partial charge in [-0.25, -0.2) is 15.0 Å². The maximum atomic E-state index is 5.51. The van der Waals surface area contributed by atoms with Gasteiger partial charge in [-0.1, -0.05) is 182 Å². The molecule has 382 valence electrons. The van der Waals surface area contributed by atoms with E-state index < -0.39 is 0 Å². The first kappa shape index (κ1) is 45.8. The summed E-state index contributed by atoms with van der Waals surface area (Å²) >= 11 is 0. The number of nitrogens with zero attached hydrogens (tertiary/aromatic N) is 8. The minimum absolute atomic E-state index is 0.558. The van der Waals surface area contributed by atoms with E-state index in [1.807, 2.05) is 42.6 Å². The second-order valence-electron chi connectivity index (χ2n) is 20.9. The Kier molecular flexibility index (Phi) is 10.1. The predicted molar refractivity (Wildman–Crippen MR) is 337 cm³/mol. The van der Waals surface area contributed by atoms with Gasteiger partial charge in [-0.2, -0.15) is 0 Å². The molecule has 8 heteroatoms. The van der Waals surface area contributed by atoms with Crippen molar-refractivity contribution in [1.82, 2.24) is 38.2 Å². The van der Waals surface area contributed by atoms with Crippen molar-refractivity contribution >= 4 is 87.2 Å². The summed E-state index contributed by atoms with van der Waals surface area (Å²) in [6, 6.07) is 97.2. The molecule has 0 N–H and O–H groups in total. The summed E-state index contributed by atoms with van der Waals surface area (Å²) in [7, 11) is 0. The highest BCUT2D eigenvalue weighted by atomic mass is 15.1. The summed E-state index contributed by atoms with van der Waals surface area (Å²) in [6.07, 6.45) is 1.92. The Hall–Kier alpha value is -11.2. The Morgan fingerprint density at radius 2 is 0.659 bits per heavy atom. The largest absolute Gasteiger partial charge is 0.309 e. The zero-order valence-electron chi connectivity index (χ0n) is 44.1. The minimum atomic E-state index is 0.558. The van der Waals surface area contributed by atoms with Crippen LogP contribution in [0.1, 0.15) is 0 Å². The maximum absolute atomic E-state index is 5.51. The van der Waals surface area contributed by atoms with E-state index in [9.17, 15) is 0 Å². The molecule has 82 heavy (non-hydrogen) atoms. The number of rotatable bonds is 8. The molecule has 0 aliphatic heterocycles. The molecule has 0 spiro atoms. The van der Waals surface area contributed by atoms with Crippen LogP contribution >= 0.6 is 0 Å². The van der Waals surface area contributed by atoms with E-state index in [4.69, 9.17) is 19.9 Å². The van der Waals surface area contributed by atoms with Crippen molar-refractivity contribution in [2.45, 2.75) is 0 Å². The topological polar surface area (TPSA) is 71.3 Å². The van der Waals surface area contributed by atoms with E-state index in [1.54, 1.807) is 0 Å². The highest BCUT2D eigenvalue weighted by molar-refractivity contribution is 6.28. The van der Waals surface area contributed by atoms with Crippen molar-refractivity contribution in [1.29, 1.82) is 0 Å². The number of hydrogen-bond donors (Lipinski definition) is 0. The first-order chi connectivity index (χ1) is 40.7. The predicted octanol–water partition coefficient (Wildman–Crippen LogP) is 18.3. The molecular formula is C74H46N8. The summed E-state index contributed by atoms with van der Waals surface area (Å²) in [5, 5.41) is 9.45. The van der Waals surface area contributed by atoms with E-state index in [2.05, 4.69) is 255 Å². The second-order valence-corrected chi connectivity index (χ2v) is 20.9. The lowest BCUT2D eigenvalue weighted by Crippen LogP contribution is -2.04. The van der Waals surface area contributed by atoms with Crippen molar-refractivity contribution in [2.24, 2.45) is 0 Å². The highest BCUT2D eigenvalue weighted by Crippen LogP contribution is 2.47. The monoisotopic (exact) mass is 1050 g/mol. The summed E-state index contributed by atoms with van der Waals surface area (Å²) in [4.78, 5) is 21.2. The molecular weight excluding hydrogens is 1000 g/mol. The van der Waals surface area contributed by atoms with Gasteiger partial charge in [-0.05, 0) is 91.0 Å². The fourth-order valence-electron chi connectivity index (χ4n) is 13.0. The molecule has 0 unspecified atom stereocenters. The van der Waals surface area contributed by atoms with Crippen molar-refractivity contribution in [2.75, 3.05) is 0 Å². The molecule has 0 saturated heterocycles.